The molecule has 0 fully saturated rings. The molecule has 0 heterocycles. The van der Waals surface area contributed by atoms with Crippen LogP contribution in [0.25, 0.3) is 0 Å². The van der Waals surface area contributed by atoms with E-state index in [1.165, 1.54) is 12.1 Å². The van der Waals surface area contributed by atoms with Gasteiger partial charge in [0.05, 0.1) is 11.6 Å². The number of aliphatic hydroxyl groups excluding tert-OH is 1. The Hall–Kier alpha value is -1.58. The molecule has 0 radical (unpaired) electrons. The summed E-state index contributed by atoms with van der Waals surface area (Å²) >= 11 is 5.68. The lowest BCUT2D eigenvalue weighted by Gasteiger charge is -2.10. The zero-order valence-corrected chi connectivity index (χ0v) is 10.3. The standard InChI is InChI=1S/C14H12ClFO2/c15-12-7-10(5-6-13(12)16)9-18-14-4-2-1-3-11(14)8-17/h1-7,17H,8-9H2. The summed E-state index contributed by atoms with van der Waals surface area (Å²) in [5.41, 5.74) is 1.49. The van der Waals surface area contributed by atoms with Gasteiger partial charge in [0.1, 0.15) is 18.2 Å². The molecule has 2 nitrogen and oxygen atoms in total. The lowest BCUT2D eigenvalue weighted by Crippen LogP contribution is -1.99. The number of rotatable bonds is 4. The average Bonchev–Trinajstić information content (AvgIpc) is 2.40. The van der Waals surface area contributed by atoms with Gasteiger partial charge in [-0.05, 0) is 23.8 Å². The summed E-state index contributed by atoms with van der Waals surface area (Å²) in [6, 6.07) is 11.7. The predicted molar refractivity (Wildman–Crippen MR) is 68.1 cm³/mol. The molecule has 0 aliphatic heterocycles. The van der Waals surface area contributed by atoms with E-state index in [1.807, 2.05) is 12.1 Å². The first kappa shape index (κ1) is 12.9. The van der Waals surface area contributed by atoms with Crippen molar-refractivity contribution in [2.45, 2.75) is 13.2 Å². The van der Waals surface area contributed by atoms with Crippen molar-refractivity contribution < 1.29 is 14.2 Å². The van der Waals surface area contributed by atoms with Crippen molar-refractivity contribution in [1.82, 2.24) is 0 Å². The SMILES string of the molecule is OCc1ccccc1OCc1ccc(F)c(Cl)c1. The van der Waals surface area contributed by atoms with Crippen molar-refractivity contribution in [1.29, 1.82) is 0 Å². The van der Waals surface area contributed by atoms with Crippen LogP contribution in [0.15, 0.2) is 42.5 Å². The van der Waals surface area contributed by atoms with Crippen molar-refractivity contribution in [2.24, 2.45) is 0 Å². The summed E-state index contributed by atoms with van der Waals surface area (Å²) in [6.45, 7) is 0.192. The third-order valence-electron chi connectivity index (χ3n) is 2.52. The normalized spacial score (nSPS) is 10.4. The smallest absolute Gasteiger partial charge is 0.141 e. The molecule has 2 rings (SSSR count). The van der Waals surface area contributed by atoms with Crippen molar-refractivity contribution in [3.63, 3.8) is 0 Å². The van der Waals surface area contributed by atoms with Gasteiger partial charge in [0, 0.05) is 5.56 Å². The third-order valence-corrected chi connectivity index (χ3v) is 2.81. The third kappa shape index (κ3) is 3.00. The molecule has 94 valence electrons. The highest BCUT2D eigenvalue weighted by molar-refractivity contribution is 6.30. The van der Waals surface area contributed by atoms with Gasteiger partial charge in [0.2, 0.25) is 0 Å². The number of benzene rings is 2. The maximum Gasteiger partial charge on any atom is 0.141 e. The van der Waals surface area contributed by atoms with Crippen molar-refractivity contribution in [3.8, 4) is 5.75 Å². The molecule has 18 heavy (non-hydrogen) atoms. The second-order valence-electron chi connectivity index (χ2n) is 3.80. The highest BCUT2D eigenvalue weighted by Crippen LogP contribution is 2.21. The predicted octanol–water partition coefficient (Wildman–Crippen LogP) is 3.55. The summed E-state index contributed by atoms with van der Waals surface area (Å²) in [6.07, 6.45) is 0. The molecule has 0 aliphatic rings. The van der Waals surface area contributed by atoms with Crippen LogP contribution in [0.2, 0.25) is 5.02 Å². The van der Waals surface area contributed by atoms with Crippen LogP contribution in [0.5, 0.6) is 5.75 Å². The fourth-order valence-corrected chi connectivity index (χ4v) is 1.77. The lowest BCUT2D eigenvalue weighted by molar-refractivity contribution is 0.259. The first-order chi connectivity index (χ1) is 8.70. The maximum absolute atomic E-state index is 13.0. The van der Waals surface area contributed by atoms with Gasteiger partial charge in [0.15, 0.2) is 0 Å². The van der Waals surface area contributed by atoms with Gasteiger partial charge in [-0.2, -0.15) is 0 Å². The number of para-hydroxylation sites is 1. The molecule has 0 atom stereocenters. The minimum atomic E-state index is -0.448. The molecule has 0 saturated carbocycles. The molecular weight excluding hydrogens is 255 g/mol. The molecule has 4 heteroatoms. The van der Waals surface area contributed by atoms with Gasteiger partial charge in [0.25, 0.3) is 0 Å². The largest absolute Gasteiger partial charge is 0.489 e. The van der Waals surface area contributed by atoms with Crippen LogP contribution in [0, 0.1) is 5.82 Å². The van der Waals surface area contributed by atoms with Gasteiger partial charge in [-0.25, -0.2) is 4.39 Å². The molecule has 0 saturated heterocycles. The van der Waals surface area contributed by atoms with E-state index in [4.69, 9.17) is 21.4 Å². The summed E-state index contributed by atoms with van der Waals surface area (Å²) in [7, 11) is 0. The molecule has 0 bridgehead atoms. The quantitative estimate of drug-likeness (QED) is 0.917. The highest BCUT2D eigenvalue weighted by Gasteiger charge is 2.04. The van der Waals surface area contributed by atoms with E-state index < -0.39 is 5.82 Å². The van der Waals surface area contributed by atoms with Crippen LogP contribution >= 0.6 is 11.6 Å². The number of ether oxygens (including phenoxy) is 1. The minimum Gasteiger partial charge on any atom is -0.489 e. The van der Waals surface area contributed by atoms with Crippen molar-refractivity contribution >= 4 is 11.6 Å². The Morgan fingerprint density at radius 1 is 1.17 bits per heavy atom. The van der Waals surface area contributed by atoms with Gasteiger partial charge in [-0.15, -0.1) is 0 Å². The summed E-state index contributed by atoms with van der Waals surface area (Å²) in [5.74, 6) is 0.164. The molecule has 0 amide bonds. The van der Waals surface area contributed by atoms with E-state index in [9.17, 15) is 4.39 Å². The van der Waals surface area contributed by atoms with E-state index in [-0.39, 0.29) is 18.2 Å². The molecule has 0 aliphatic carbocycles. The lowest BCUT2D eigenvalue weighted by atomic mass is 10.2. The second kappa shape index (κ2) is 5.85. The number of halogens is 2. The minimum absolute atomic E-state index is 0.0755. The van der Waals surface area contributed by atoms with Crippen LogP contribution in [0.1, 0.15) is 11.1 Å². The van der Waals surface area contributed by atoms with E-state index in [0.717, 1.165) is 5.56 Å². The fraction of sp³-hybridized carbons (Fsp3) is 0.143. The van der Waals surface area contributed by atoms with Gasteiger partial charge >= 0.3 is 0 Å². The number of aliphatic hydroxyl groups is 1. The molecule has 0 unspecified atom stereocenters. The van der Waals surface area contributed by atoms with E-state index in [1.54, 1.807) is 18.2 Å². The monoisotopic (exact) mass is 266 g/mol. The zero-order chi connectivity index (χ0) is 13.0. The summed E-state index contributed by atoms with van der Waals surface area (Å²) < 4.78 is 18.5. The van der Waals surface area contributed by atoms with Crippen molar-refractivity contribution in [2.75, 3.05) is 0 Å². The van der Waals surface area contributed by atoms with Crippen LogP contribution in [-0.4, -0.2) is 5.11 Å². The average molecular weight is 267 g/mol. The number of hydrogen-bond donors (Lipinski definition) is 1. The first-order valence-electron chi connectivity index (χ1n) is 5.46. The van der Waals surface area contributed by atoms with Gasteiger partial charge in [-0.3, -0.25) is 0 Å². The molecule has 2 aromatic rings. The van der Waals surface area contributed by atoms with Gasteiger partial charge < -0.3 is 9.84 Å². The molecule has 0 spiro atoms. The molecular formula is C14H12ClFO2. The molecule has 1 N–H and O–H groups in total. The second-order valence-corrected chi connectivity index (χ2v) is 4.21. The van der Waals surface area contributed by atoms with E-state index in [2.05, 4.69) is 0 Å². The Morgan fingerprint density at radius 3 is 2.67 bits per heavy atom. The van der Waals surface area contributed by atoms with E-state index in [0.29, 0.717) is 11.3 Å². The van der Waals surface area contributed by atoms with Crippen LogP contribution in [0.3, 0.4) is 0 Å². The molecule has 2 aromatic carbocycles. The van der Waals surface area contributed by atoms with Crippen LogP contribution < -0.4 is 4.74 Å². The van der Waals surface area contributed by atoms with Crippen LogP contribution in [0.4, 0.5) is 4.39 Å². The summed E-state index contributed by atoms with van der Waals surface area (Å²) in [5, 5.41) is 9.22. The topological polar surface area (TPSA) is 29.5 Å². The number of hydrogen-bond acceptors (Lipinski definition) is 2. The Labute approximate surface area is 110 Å². The van der Waals surface area contributed by atoms with Crippen LogP contribution in [-0.2, 0) is 13.2 Å². The first-order valence-corrected chi connectivity index (χ1v) is 5.84. The highest BCUT2D eigenvalue weighted by atomic mass is 35.5. The Morgan fingerprint density at radius 2 is 1.94 bits per heavy atom. The zero-order valence-electron chi connectivity index (χ0n) is 9.57. The van der Waals surface area contributed by atoms with Gasteiger partial charge in [-0.1, -0.05) is 35.9 Å². The van der Waals surface area contributed by atoms with E-state index >= 15 is 0 Å². The Balaban J connectivity index is 2.09. The fourth-order valence-electron chi connectivity index (χ4n) is 1.57. The summed E-state index contributed by atoms with van der Waals surface area (Å²) in [4.78, 5) is 0. The maximum atomic E-state index is 13.0. The Kier molecular flexibility index (Phi) is 4.18. The van der Waals surface area contributed by atoms with Crippen molar-refractivity contribution in [3.05, 3.63) is 64.4 Å². The molecule has 0 aromatic heterocycles. The Bertz CT molecular complexity index is 543.